The lowest BCUT2D eigenvalue weighted by Crippen LogP contribution is -2.16. The van der Waals surface area contributed by atoms with Gasteiger partial charge in [0.15, 0.2) is 11.5 Å². The van der Waals surface area contributed by atoms with E-state index in [-0.39, 0.29) is 12.6 Å². The molecule has 0 saturated heterocycles. The number of nitrogens with one attached hydrogen (secondary N) is 2. The molecule has 0 bridgehead atoms. The number of nitrogens with zero attached hydrogens (tertiary/aromatic N) is 3. The molecule has 0 amide bonds. The summed E-state index contributed by atoms with van der Waals surface area (Å²) >= 11 is 0. The quantitative estimate of drug-likeness (QED) is 0.667. The number of hydrogen-bond acceptors (Lipinski definition) is 5. The number of fused-ring (bicyclic) bond motifs is 1. The molecule has 21 heavy (non-hydrogen) atoms. The Labute approximate surface area is 122 Å². The van der Waals surface area contributed by atoms with Crippen LogP contribution in [0, 0.1) is 0 Å². The van der Waals surface area contributed by atoms with Gasteiger partial charge in [-0.05, 0) is 5.56 Å². The topological polar surface area (TPSA) is 74.5 Å². The maximum Gasteiger partial charge on any atom is 0.180 e. The van der Waals surface area contributed by atoms with E-state index in [9.17, 15) is 5.11 Å². The number of benzene rings is 1. The zero-order chi connectivity index (χ0) is 14.7. The van der Waals surface area contributed by atoms with Crippen molar-refractivity contribution >= 4 is 17.3 Å². The van der Waals surface area contributed by atoms with E-state index in [4.69, 9.17) is 0 Å². The molecule has 3 aromatic rings. The minimum absolute atomic E-state index is 0.0255. The molecule has 0 spiro atoms. The first-order valence-corrected chi connectivity index (χ1v) is 6.75. The number of anilines is 2. The third-order valence-corrected chi connectivity index (χ3v) is 3.33. The SMILES string of the molecule is CNc1cn2ccnc2c(NC(CO)c2ccccc2)n1. The first-order valence-electron chi connectivity index (χ1n) is 6.75. The zero-order valence-corrected chi connectivity index (χ0v) is 11.7. The lowest BCUT2D eigenvalue weighted by molar-refractivity contribution is 0.276. The number of imidazole rings is 1. The molecule has 3 rings (SSSR count). The molecule has 3 N–H and O–H groups in total. The predicted molar refractivity (Wildman–Crippen MR) is 82.4 cm³/mol. The molecule has 108 valence electrons. The van der Waals surface area contributed by atoms with E-state index in [1.165, 1.54) is 0 Å². The van der Waals surface area contributed by atoms with Crippen LogP contribution in [-0.4, -0.2) is 33.1 Å². The number of aromatic nitrogens is 3. The number of rotatable bonds is 5. The molecule has 1 aromatic carbocycles. The second-order valence-electron chi connectivity index (χ2n) is 4.67. The van der Waals surface area contributed by atoms with Crippen molar-refractivity contribution < 1.29 is 5.11 Å². The van der Waals surface area contributed by atoms with E-state index in [0.29, 0.717) is 5.82 Å². The average molecular weight is 283 g/mol. The van der Waals surface area contributed by atoms with Gasteiger partial charge in [0.25, 0.3) is 0 Å². The van der Waals surface area contributed by atoms with E-state index in [0.717, 1.165) is 17.0 Å². The summed E-state index contributed by atoms with van der Waals surface area (Å²) in [6, 6.07) is 9.55. The fourth-order valence-electron chi connectivity index (χ4n) is 2.23. The first-order chi connectivity index (χ1) is 10.3. The second kappa shape index (κ2) is 5.80. The monoisotopic (exact) mass is 283 g/mol. The highest BCUT2D eigenvalue weighted by atomic mass is 16.3. The molecule has 0 aliphatic carbocycles. The fourth-order valence-corrected chi connectivity index (χ4v) is 2.23. The smallest absolute Gasteiger partial charge is 0.180 e. The summed E-state index contributed by atoms with van der Waals surface area (Å²) < 4.78 is 1.89. The van der Waals surface area contributed by atoms with Crippen LogP contribution in [0.4, 0.5) is 11.6 Å². The Balaban J connectivity index is 1.98. The maximum absolute atomic E-state index is 9.66. The molecule has 0 fully saturated rings. The molecule has 6 heteroatoms. The van der Waals surface area contributed by atoms with Gasteiger partial charge < -0.3 is 20.1 Å². The molecule has 0 radical (unpaired) electrons. The van der Waals surface area contributed by atoms with E-state index >= 15 is 0 Å². The van der Waals surface area contributed by atoms with Crippen LogP contribution in [0.2, 0.25) is 0 Å². The van der Waals surface area contributed by atoms with Crippen molar-refractivity contribution in [3.8, 4) is 0 Å². The van der Waals surface area contributed by atoms with Crippen molar-refractivity contribution in [3.05, 3.63) is 54.5 Å². The van der Waals surface area contributed by atoms with Crippen LogP contribution < -0.4 is 10.6 Å². The minimum atomic E-state index is -0.230. The molecule has 2 heterocycles. The van der Waals surface area contributed by atoms with Crippen LogP contribution in [0.25, 0.3) is 5.65 Å². The normalized spacial score (nSPS) is 12.3. The summed E-state index contributed by atoms with van der Waals surface area (Å²) in [7, 11) is 1.82. The zero-order valence-electron chi connectivity index (χ0n) is 11.7. The van der Waals surface area contributed by atoms with Crippen molar-refractivity contribution in [1.82, 2.24) is 14.4 Å². The highest BCUT2D eigenvalue weighted by molar-refractivity contribution is 5.66. The summed E-state index contributed by atoms with van der Waals surface area (Å²) in [5, 5.41) is 15.9. The molecule has 0 aliphatic rings. The van der Waals surface area contributed by atoms with E-state index in [2.05, 4.69) is 20.6 Å². The van der Waals surface area contributed by atoms with Gasteiger partial charge in [-0.2, -0.15) is 0 Å². The Kier molecular flexibility index (Phi) is 3.70. The molecule has 1 atom stereocenters. The molecule has 1 unspecified atom stereocenters. The van der Waals surface area contributed by atoms with Crippen molar-refractivity contribution in [2.24, 2.45) is 0 Å². The third-order valence-electron chi connectivity index (χ3n) is 3.33. The second-order valence-corrected chi connectivity index (χ2v) is 4.67. The van der Waals surface area contributed by atoms with Gasteiger partial charge in [0.2, 0.25) is 0 Å². The van der Waals surface area contributed by atoms with Crippen LogP contribution in [0.15, 0.2) is 48.9 Å². The molecular weight excluding hydrogens is 266 g/mol. The Bertz CT molecular complexity index is 725. The lowest BCUT2D eigenvalue weighted by Gasteiger charge is -2.18. The third kappa shape index (κ3) is 2.66. The summed E-state index contributed by atoms with van der Waals surface area (Å²) in [6.45, 7) is -0.0255. The highest BCUT2D eigenvalue weighted by Gasteiger charge is 2.14. The standard InChI is InChI=1S/C15H17N5O/c1-16-13-9-20-8-7-17-15(20)14(19-13)18-12(10-21)11-5-3-2-4-6-11/h2-9,12,16,21H,10H2,1H3,(H,18,19). The summed E-state index contributed by atoms with van der Waals surface area (Å²) in [6.07, 6.45) is 5.45. The molecule has 2 aromatic heterocycles. The van der Waals surface area contributed by atoms with Crippen molar-refractivity contribution in [2.45, 2.75) is 6.04 Å². The molecule has 0 aliphatic heterocycles. The van der Waals surface area contributed by atoms with E-state index in [1.54, 1.807) is 6.20 Å². The number of hydrogen-bond donors (Lipinski definition) is 3. The van der Waals surface area contributed by atoms with Crippen molar-refractivity contribution in [1.29, 1.82) is 0 Å². The molecular formula is C15H17N5O. The Hall–Kier alpha value is -2.60. The van der Waals surface area contributed by atoms with E-state index in [1.807, 2.05) is 54.2 Å². The van der Waals surface area contributed by atoms with Gasteiger partial charge in [0, 0.05) is 19.4 Å². The van der Waals surface area contributed by atoms with Crippen molar-refractivity contribution in [2.75, 3.05) is 24.3 Å². The summed E-state index contributed by atoms with van der Waals surface area (Å²) in [5.74, 6) is 1.36. The van der Waals surface area contributed by atoms with Gasteiger partial charge in [-0.3, -0.25) is 0 Å². The van der Waals surface area contributed by atoms with Crippen LogP contribution in [0.1, 0.15) is 11.6 Å². The van der Waals surface area contributed by atoms with Crippen LogP contribution >= 0.6 is 0 Å². The van der Waals surface area contributed by atoms with E-state index < -0.39 is 0 Å². The Morgan fingerprint density at radius 2 is 2.10 bits per heavy atom. The van der Waals surface area contributed by atoms with Gasteiger partial charge in [-0.1, -0.05) is 30.3 Å². The largest absolute Gasteiger partial charge is 0.394 e. The van der Waals surface area contributed by atoms with Gasteiger partial charge in [0.1, 0.15) is 5.82 Å². The fraction of sp³-hybridized carbons (Fsp3) is 0.200. The van der Waals surface area contributed by atoms with Crippen LogP contribution in [-0.2, 0) is 0 Å². The lowest BCUT2D eigenvalue weighted by atomic mass is 10.1. The summed E-state index contributed by atoms with van der Waals surface area (Å²) in [4.78, 5) is 8.79. The molecule has 0 saturated carbocycles. The van der Waals surface area contributed by atoms with Crippen molar-refractivity contribution in [3.63, 3.8) is 0 Å². The first kappa shape index (κ1) is 13.4. The average Bonchev–Trinajstić information content (AvgIpc) is 3.01. The van der Waals surface area contributed by atoms with Gasteiger partial charge in [-0.25, -0.2) is 9.97 Å². The van der Waals surface area contributed by atoms with Gasteiger partial charge >= 0.3 is 0 Å². The Morgan fingerprint density at radius 3 is 2.81 bits per heavy atom. The predicted octanol–water partition coefficient (Wildman–Crippen LogP) is 1.92. The number of aliphatic hydroxyl groups excluding tert-OH is 1. The molecule has 6 nitrogen and oxygen atoms in total. The minimum Gasteiger partial charge on any atom is -0.394 e. The summed E-state index contributed by atoms with van der Waals surface area (Å²) in [5.41, 5.74) is 1.73. The highest BCUT2D eigenvalue weighted by Crippen LogP contribution is 2.22. The Morgan fingerprint density at radius 1 is 1.29 bits per heavy atom. The maximum atomic E-state index is 9.66. The van der Waals surface area contributed by atoms with Gasteiger partial charge in [0.05, 0.1) is 18.8 Å². The van der Waals surface area contributed by atoms with Crippen LogP contribution in [0.3, 0.4) is 0 Å². The number of aliphatic hydroxyl groups is 1. The van der Waals surface area contributed by atoms with Gasteiger partial charge in [-0.15, -0.1) is 0 Å². The van der Waals surface area contributed by atoms with Crippen LogP contribution in [0.5, 0.6) is 0 Å².